The molecule has 1 fully saturated rings. The van der Waals surface area contributed by atoms with Crippen molar-refractivity contribution < 1.29 is 14.3 Å². The van der Waals surface area contributed by atoms with Gasteiger partial charge in [-0.3, -0.25) is 4.79 Å². The van der Waals surface area contributed by atoms with E-state index < -0.39 is 0 Å². The fraction of sp³-hybridized carbons (Fsp3) is 0.562. The van der Waals surface area contributed by atoms with Crippen LogP contribution < -0.4 is 10.1 Å². The molecule has 2 rings (SSSR count). The lowest BCUT2D eigenvalue weighted by molar-refractivity contribution is -0.137. The second-order valence-corrected chi connectivity index (χ2v) is 5.10. The van der Waals surface area contributed by atoms with E-state index in [2.05, 4.69) is 12.2 Å². The first kappa shape index (κ1) is 15.8. The smallest absolute Gasteiger partial charge is 0.260 e. The molecule has 1 saturated heterocycles. The summed E-state index contributed by atoms with van der Waals surface area (Å²) in [6.45, 7) is 4.77. The Morgan fingerprint density at radius 1 is 1.33 bits per heavy atom. The van der Waals surface area contributed by atoms with E-state index in [0.717, 1.165) is 12.2 Å². The van der Waals surface area contributed by atoms with Crippen molar-refractivity contribution in [3.63, 3.8) is 0 Å². The number of carbonyl (C=O) groups excluding carboxylic acids is 1. The van der Waals surface area contributed by atoms with Crippen molar-refractivity contribution in [2.24, 2.45) is 0 Å². The number of carbonyl (C=O) groups is 1. The van der Waals surface area contributed by atoms with Crippen molar-refractivity contribution in [1.29, 1.82) is 0 Å². The van der Waals surface area contributed by atoms with E-state index in [4.69, 9.17) is 9.47 Å². The van der Waals surface area contributed by atoms with E-state index in [1.165, 1.54) is 5.56 Å². The minimum absolute atomic E-state index is 0.0176. The molecule has 0 saturated carbocycles. The normalized spacial score (nSPS) is 16.6. The van der Waals surface area contributed by atoms with Gasteiger partial charge in [-0.25, -0.2) is 0 Å². The van der Waals surface area contributed by atoms with Crippen molar-refractivity contribution in [2.45, 2.75) is 19.4 Å². The second kappa shape index (κ2) is 8.00. The topological polar surface area (TPSA) is 50.8 Å². The zero-order chi connectivity index (χ0) is 15.1. The van der Waals surface area contributed by atoms with Crippen LogP contribution in [-0.4, -0.2) is 50.8 Å². The summed E-state index contributed by atoms with van der Waals surface area (Å²) in [6, 6.07) is 8.27. The van der Waals surface area contributed by atoms with Crippen LogP contribution in [0.25, 0.3) is 0 Å². The summed E-state index contributed by atoms with van der Waals surface area (Å²) in [4.78, 5) is 13.8. The lowest BCUT2D eigenvalue weighted by Gasteiger charge is -2.26. The number of nitrogens with zero attached hydrogens (tertiary/aromatic N) is 1. The van der Waals surface area contributed by atoms with Gasteiger partial charge in [-0.2, -0.15) is 0 Å². The molecular weight excluding hydrogens is 268 g/mol. The lowest BCUT2D eigenvalue weighted by atomic mass is 10.1. The molecule has 5 heteroatoms. The highest BCUT2D eigenvalue weighted by molar-refractivity contribution is 5.77. The van der Waals surface area contributed by atoms with Crippen LogP contribution in [-0.2, 0) is 9.53 Å². The molecular formula is C16H24N2O3. The van der Waals surface area contributed by atoms with Gasteiger partial charge in [-0.15, -0.1) is 0 Å². The Hall–Kier alpha value is -1.59. The van der Waals surface area contributed by atoms with Gasteiger partial charge in [0, 0.05) is 19.1 Å². The molecule has 5 nitrogen and oxygen atoms in total. The van der Waals surface area contributed by atoms with Gasteiger partial charge in [0.1, 0.15) is 5.75 Å². The fourth-order valence-corrected chi connectivity index (χ4v) is 2.45. The van der Waals surface area contributed by atoms with Crippen molar-refractivity contribution in [2.75, 3.05) is 40.0 Å². The molecule has 0 bridgehead atoms. The SMILES string of the molecule is CCC(NC)c1ccc(OCC(=O)N2CCOCC2)cc1. The Morgan fingerprint density at radius 3 is 2.57 bits per heavy atom. The number of benzene rings is 1. The summed E-state index contributed by atoms with van der Waals surface area (Å²) >= 11 is 0. The molecule has 1 amide bonds. The molecule has 1 aliphatic rings. The first-order chi connectivity index (χ1) is 10.2. The van der Waals surface area contributed by atoms with Gasteiger partial charge in [0.05, 0.1) is 13.2 Å². The molecule has 1 unspecified atom stereocenters. The maximum atomic E-state index is 12.0. The Bertz CT molecular complexity index is 437. The summed E-state index contributed by atoms with van der Waals surface area (Å²) in [5.74, 6) is 0.746. The van der Waals surface area contributed by atoms with Crippen molar-refractivity contribution in [3.05, 3.63) is 29.8 Å². The Balaban J connectivity index is 1.84. The largest absolute Gasteiger partial charge is 0.484 e. The van der Waals surface area contributed by atoms with Gasteiger partial charge in [0.2, 0.25) is 0 Å². The Kier molecular flexibility index (Phi) is 6.02. The minimum Gasteiger partial charge on any atom is -0.484 e. The highest BCUT2D eigenvalue weighted by Gasteiger charge is 2.17. The van der Waals surface area contributed by atoms with Crippen LogP contribution in [0.1, 0.15) is 24.9 Å². The standard InChI is InChI=1S/C16H24N2O3/c1-3-15(17-2)13-4-6-14(7-5-13)21-12-16(19)18-8-10-20-11-9-18/h4-7,15,17H,3,8-12H2,1-2H3. The number of hydrogen-bond acceptors (Lipinski definition) is 4. The third-order valence-electron chi connectivity index (χ3n) is 3.77. The van der Waals surface area contributed by atoms with Gasteiger partial charge in [-0.1, -0.05) is 19.1 Å². The number of amides is 1. The molecule has 116 valence electrons. The van der Waals surface area contributed by atoms with Gasteiger partial charge >= 0.3 is 0 Å². The summed E-state index contributed by atoms with van der Waals surface area (Å²) in [5, 5.41) is 3.27. The zero-order valence-electron chi connectivity index (χ0n) is 12.8. The average molecular weight is 292 g/mol. The molecule has 1 aromatic carbocycles. The maximum absolute atomic E-state index is 12.0. The van der Waals surface area contributed by atoms with Crippen LogP contribution in [0.15, 0.2) is 24.3 Å². The third-order valence-corrected chi connectivity index (χ3v) is 3.77. The van der Waals surface area contributed by atoms with Gasteiger partial charge in [0.15, 0.2) is 6.61 Å². The first-order valence-corrected chi connectivity index (χ1v) is 7.50. The van der Waals surface area contributed by atoms with Crippen molar-refractivity contribution in [1.82, 2.24) is 10.2 Å². The van der Waals surface area contributed by atoms with E-state index in [1.54, 1.807) is 4.90 Å². The first-order valence-electron chi connectivity index (χ1n) is 7.50. The van der Waals surface area contributed by atoms with Crippen molar-refractivity contribution in [3.8, 4) is 5.75 Å². The number of morpholine rings is 1. The highest BCUT2D eigenvalue weighted by atomic mass is 16.5. The number of ether oxygens (including phenoxy) is 2. The molecule has 1 N–H and O–H groups in total. The highest BCUT2D eigenvalue weighted by Crippen LogP contribution is 2.19. The quantitative estimate of drug-likeness (QED) is 0.865. The molecule has 1 atom stereocenters. The number of rotatable bonds is 6. The van der Waals surface area contributed by atoms with E-state index >= 15 is 0 Å². The lowest BCUT2D eigenvalue weighted by Crippen LogP contribution is -2.42. The zero-order valence-corrected chi connectivity index (χ0v) is 12.8. The molecule has 0 aromatic heterocycles. The number of nitrogens with one attached hydrogen (secondary N) is 1. The third kappa shape index (κ3) is 4.44. The summed E-state index contributed by atoms with van der Waals surface area (Å²) < 4.78 is 10.8. The van der Waals surface area contributed by atoms with Crippen LogP contribution in [0, 0.1) is 0 Å². The molecule has 1 aromatic rings. The van der Waals surface area contributed by atoms with E-state index in [9.17, 15) is 4.79 Å². The predicted octanol–water partition coefficient (Wildman–Crippen LogP) is 1.59. The molecule has 0 spiro atoms. The summed E-state index contributed by atoms with van der Waals surface area (Å²) in [5.41, 5.74) is 1.23. The van der Waals surface area contributed by atoms with Crippen LogP contribution in [0.5, 0.6) is 5.75 Å². The number of hydrogen-bond donors (Lipinski definition) is 1. The Morgan fingerprint density at radius 2 is 2.00 bits per heavy atom. The fourth-order valence-electron chi connectivity index (χ4n) is 2.45. The molecule has 1 aliphatic heterocycles. The van der Waals surface area contributed by atoms with E-state index in [1.807, 2.05) is 31.3 Å². The molecule has 1 heterocycles. The van der Waals surface area contributed by atoms with Gasteiger partial charge in [-0.05, 0) is 31.2 Å². The van der Waals surface area contributed by atoms with Crippen LogP contribution in [0.3, 0.4) is 0 Å². The van der Waals surface area contributed by atoms with Crippen LogP contribution >= 0.6 is 0 Å². The summed E-state index contributed by atoms with van der Waals surface area (Å²) in [6.07, 6.45) is 1.03. The van der Waals surface area contributed by atoms with Gasteiger partial charge < -0.3 is 19.7 Å². The van der Waals surface area contributed by atoms with E-state index in [0.29, 0.717) is 32.3 Å². The van der Waals surface area contributed by atoms with E-state index in [-0.39, 0.29) is 12.5 Å². The molecule has 0 radical (unpaired) electrons. The molecule has 21 heavy (non-hydrogen) atoms. The monoisotopic (exact) mass is 292 g/mol. The average Bonchev–Trinajstić information content (AvgIpc) is 2.55. The maximum Gasteiger partial charge on any atom is 0.260 e. The van der Waals surface area contributed by atoms with Crippen molar-refractivity contribution >= 4 is 5.91 Å². The van der Waals surface area contributed by atoms with Crippen LogP contribution in [0.2, 0.25) is 0 Å². The second-order valence-electron chi connectivity index (χ2n) is 5.10. The minimum atomic E-state index is 0.0176. The predicted molar refractivity (Wildman–Crippen MR) is 81.4 cm³/mol. The Labute approximate surface area is 126 Å². The van der Waals surface area contributed by atoms with Crippen LogP contribution in [0.4, 0.5) is 0 Å². The summed E-state index contributed by atoms with van der Waals surface area (Å²) in [7, 11) is 1.96. The van der Waals surface area contributed by atoms with Gasteiger partial charge in [0.25, 0.3) is 5.91 Å². The molecule has 0 aliphatic carbocycles.